The third kappa shape index (κ3) is 3.22. The Balaban J connectivity index is 0.000000371. The summed E-state index contributed by atoms with van der Waals surface area (Å²) in [4.78, 5) is 0. The highest BCUT2D eigenvalue weighted by Crippen LogP contribution is 1.99. The first kappa shape index (κ1) is 9.14. The third-order valence-electron chi connectivity index (χ3n) is 1.22. The number of aryl methyl sites for hydroxylation is 2. The van der Waals surface area contributed by atoms with Gasteiger partial charge in [0.2, 0.25) is 0 Å². The Morgan fingerprint density at radius 3 is 1.20 bits per heavy atom. The van der Waals surface area contributed by atoms with Gasteiger partial charge in [0.25, 0.3) is 0 Å². The molecule has 0 aliphatic carbocycles. The van der Waals surface area contributed by atoms with Gasteiger partial charge in [0.05, 0.1) is 0 Å². The molecule has 1 aromatic carbocycles. The Bertz CT molecular complexity index is 146. The molecule has 0 atom stereocenters. The maximum Gasteiger partial charge on any atom is -0.0398 e. The Labute approximate surface area is 60.7 Å². The van der Waals surface area contributed by atoms with Gasteiger partial charge in [0.1, 0.15) is 0 Å². The van der Waals surface area contributed by atoms with Crippen molar-refractivity contribution in [3.05, 3.63) is 35.4 Å². The molecule has 2 nitrogen and oxygen atoms in total. The first-order valence-electron chi connectivity index (χ1n) is 3.02. The minimum atomic E-state index is 1.33. The summed E-state index contributed by atoms with van der Waals surface area (Å²) in [5.74, 6) is 0. The van der Waals surface area contributed by atoms with Gasteiger partial charge in [0.15, 0.2) is 0 Å². The lowest BCUT2D eigenvalue weighted by atomic mass is 10.2. The third-order valence-corrected chi connectivity index (χ3v) is 1.22. The molecule has 0 radical (unpaired) electrons. The molecule has 0 saturated carbocycles. The van der Waals surface area contributed by atoms with Crippen molar-refractivity contribution in [1.29, 1.82) is 0 Å². The van der Waals surface area contributed by atoms with Gasteiger partial charge in [-0.3, -0.25) is 10.5 Å². The number of rotatable bonds is 0. The maximum atomic E-state index is 6.00. The fraction of sp³-hybridized carbons (Fsp3) is 0.250. The van der Waals surface area contributed by atoms with Crippen molar-refractivity contribution in [2.24, 2.45) is 0 Å². The van der Waals surface area contributed by atoms with E-state index in [1.165, 1.54) is 11.1 Å². The number of hydrogen-bond acceptors (Lipinski definition) is 2. The molecule has 2 N–H and O–H groups in total. The quantitative estimate of drug-likeness (QED) is 0.429. The fourth-order valence-corrected chi connectivity index (χ4v) is 0.637. The molecule has 0 aliphatic heterocycles. The molecule has 0 aromatic heterocycles. The fourth-order valence-electron chi connectivity index (χ4n) is 0.637. The van der Waals surface area contributed by atoms with Crippen LogP contribution < -0.4 is 0 Å². The van der Waals surface area contributed by atoms with Crippen LogP contribution in [-0.2, 0) is 0 Å². The van der Waals surface area contributed by atoms with Crippen LogP contribution in [0.5, 0.6) is 0 Å². The van der Waals surface area contributed by atoms with Crippen LogP contribution in [0.25, 0.3) is 0 Å². The van der Waals surface area contributed by atoms with Crippen molar-refractivity contribution in [3.63, 3.8) is 0 Å². The molecule has 0 unspecified atom stereocenters. The molecule has 1 aromatic rings. The monoisotopic (exact) mass is 140 g/mol. The largest absolute Gasteiger partial charge is 0.255 e. The van der Waals surface area contributed by atoms with Crippen molar-refractivity contribution in [3.8, 4) is 0 Å². The molecule has 56 valence electrons. The molecular formula is C8H12O2. The highest BCUT2D eigenvalue weighted by Gasteiger charge is 1.79. The van der Waals surface area contributed by atoms with E-state index in [-0.39, 0.29) is 0 Å². The molecular weight excluding hydrogens is 128 g/mol. The summed E-state index contributed by atoms with van der Waals surface area (Å²) in [6.07, 6.45) is 0. The lowest BCUT2D eigenvalue weighted by molar-refractivity contribution is -0.176. The van der Waals surface area contributed by atoms with Crippen molar-refractivity contribution in [2.45, 2.75) is 13.8 Å². The van der Waals surface area contributed by atoms with Crippen LogP contribution in [0.15, 0.2) is 24.3 Å². The molecule has 0 fully saturated rings. The predicted octanol–water partition coefficient (Wildman–Crippen LogP) is 2.32. The van der Waals surface area contributed by atoms with E-state index in [1.54, 1.807) is 0 Å². The van der Waals surface area contributed by atoms with Crippen LogP contribution in [-0.4, -0.2) is 10.5 Å². The second-order valence-corrected chi connectivity index (χ2v) is 2.15. The van der Waals surface area contributed by atoms with E-state index in [0.717, 1.165) is 0 Å². The number of benzene rings is 1. The molecule has 0 bridgehead atoms. The van der Waals surface area contributed by atoms with Crippen molar-refractivity contribution in [2.75, 3.05) is 0 Å². The van der Waals surface area contributed by atoms with Gasteiger partial charge >= 0.3 is 0 Å². The summed E-state index contributed by atoms with van der Waals surface area (Å²) in [7, 11) is 0. The number of hydrogen-bond donors (Lipinski definition) is 2. The summed E-state index contributed by atoms with van der Waals surface area (Å²) in [6.45, 7) is 4.19. The van der Waals surface area contributed by atoms with Crippen LogP contribution >= 0.6 is 0 Å². The van der Waals surface area contributed by atoms with E-state index < -0.39 is 0 Å². The standard InChI is InChI=1S/C8H10.H2O2/c1-7-3-5-8(2)6-4-7;1-2/h3-6H,1-2H3;1-2H. The SMILES string of the molecule is Cc1ccc(C)cc1.OO. The minimum absolute atomic E-state index is 1.33. The highest BCUT2D eigenvalue weighted by molar-refractivity contribution is 5.19. The average molecular weight is 140 g/mol. The van der Waals surface area contributed by atoms with Crippen molar-refractivity contribution in [1.82, 2.24) is 0 Å². The summed E-state index contributed by atoms with van der Waals surface area (Å²) in [6, 6.07) is 8.48. The smallest absolute Gasteiger partial charge is 0.0398 e. The van der Waals surface area contributed by atoms with Crippen molar-refractivity contribution < 1.29 is 10.5 Å². The Morgan fingerprint density at radius 1 is 0.800 bits per heavy atom. The van der Waals surface area contributed by atoms with Gasteiger partial charge in [-0.25, -0.2) is 0 Å². The van der Waals surface area contributed by atoms with Crippen LogP contribution in [0.2, 0.25) is 0 Å². The van der Waals surface area contributed by atoms with Gasteiger partial charge in [-0.15, -0.1) is 0 Å². The maximum absolute atomic E-state index is 6.00. The zero-order valence-corrected chi connectivity index (χ0v) is 6.20. The Kier molecular flexibility index (Phi) is 4.54. The van der Waals surface area contributed by atoms with Crippen molar-refractivity contribution >= 4 is 0 Å². The molecule has 10 heavy (non-hydrogen) atoms. The van der Waals surface area contributed by atoms with E-state index in [2.05, 4.69) is 38.1 Å². The predicted molar refractivity (Wildman–Crippen MR) is 41.2 cm³/mol. The minimum Gasteiger partial charge on any atom is -0.255 e. The van der Waals surface area contributed by atoms with Crippen LogP contribution in [0, 0.1) is 13.8 Å². The second kappa shape index (κ2) is 4.97. The Hall–Kier alpha value is -0.860. The lowest BCUT2D eigenvalue weighted by Gasteiger charge is -1.90. The summed E-state index contributed by atoms with van der Waals surface area (Å²) in [5.41, 5.74) is 2.66. The lowest BCUT2D eigenvalue weighted by Crippen LogP contribution is -1.70. The summed E-state index contributed by atoms with van der Waals surface area (Å²) >= 11 is 0. The molecule has 0 heterocycles. The van der Waals surface area contributed by atoms with Gasteiger partial charge in [-0.1, -0.05) is 35.4 Å². The van der Waals surface area contributed by atoms with Gasteiger partial charge < -0.3 is 0 Å². The topological polar surface area (TPSA) is 40.5 Å². The Morgan fingerprint density at radius 2 is 1.00 bits per heavy atom. The van der Waals surface area contributed by atoms with Gasteiger partial charge in [-0.05, 0) is 13.8 Å². The van der Waals surface area contributed by atoms with Crippen LogP contribution in [0.4, 0.5) is 0 Å². The van der Waals surface area contributed by atoms with E-state index in [4.69, 9.17) is 10.5 Å². The molecule has 2 heteroatoms. The zero-order valence-electron chi connectivity index (χ0n) is 6.20. The molecule has 0 amide bonds. The van der Waals surface area contributed by atoms with Crippen LogP contribution in [0.1, 0.15) is 11.1 Å². The summed E-state index contributed by atoms with van der Waals surface area (Å²) in [5, 5.41) is 12.0. The average Bonchev–Trinajstić information content (AvgIpc) is 2.00. The first-order valence-corrected chi connectivity index (χ1v) is 3.02. The molecule has 0 spiro atoms. The molecule has 1 rings (SSSR count). The summed E-state index contributed by atoms with van der Waals surface area (Å²) < 4.78 is 0. The van der Waals surface area contributed by atoms with E-state index in [0.29, 0.717) is 0 Å². The van der Waals surface area contributed by atoms with E-state index in [9.17, 15) is 0 Å². The zero-order chi connectivity index (χ0) is 7.98. The van der Waals surface area contributed by atoms with E-state index >= 15 is 0 Å². The molecule has 0 saturated heterocycles. The highest BCUT2D eigenvalue weighted by atomic mass is 17.0. The van der Waals surface area contributed by atoms with E-state index in [1.807, 2.05) is 0 Å². The normalized spacial score (nSPS) is 8.00. The van der Waals surface area contributed by atoms with Gasteiger partial charge in [-0.2, -0.15) is 0 Å². The van der Waals surface area contributed by atoms with Crippen LogP contribution in [0.3, 0.4) is 0 Å². The first-order chi connectivity index (χ1) is 4.79. The second-order valence-electron chi connectivity index (χ2n) is 2.15. The molecule has 0 aliphatic rings. The van der Waals surface area contributed by atoms with Gasteiger partial charge in [0, 0.05) is 0 Å².